The lowest BCUT2D eigenvalue weighted by Crippen LogP contribution is -2.50. The van der Waals surface area contributed by atoms with Gasteiger partial charge in [0.05, 0.1) is 0 Å². The Morgan fingerprint density at radius 2 is 1.28 bits per heavy atom. The zero-order valence-electron chi connectivity index (χ0n) is 8.40. The van der Waals surface area contributed by atoms with Crippen LogP contribution in [0.25, 0.3) is 0 Å². The second kappa shape index (κ2) is 5.11. The number of rotatable bonds is 7. The number of hydrogen-bond donors (Lipinski definition) is 1. The third-order valence-corrected chi connectivity index (χ3v) is 1.29. The molecule has 12 heteroatoms. The first kappa shape index (κ1) is 17.3. The van der Waals surface area contributed by atoms with Gasteiger partial charge in [0.1, 0.15) is 6.61 Å². The number of ether oxygens (including phenoxy) is 3. The molecule has 0 aromatic rings. The zero-order chi connectivity index (χ0) is 14.8. The fraction of sp³-hybridized carbons (Fsp3) is 1.00. The molecule has 0 bridgehead atoms. The molecule has 0 fully saturated rings. The van der Waals surface area contributed by atoms with Crippen molar-refractivity contribution < 1.29 is 54.4 Å². The summed E-state index contributed by atoms with van der Waals surface area (Å²) in [6.45, 7) is -2.31. The lowest BCUT2D eigenvalue weighted by Gasteiger charge is -2.28. The molecule has 0 heterocycles. The molecule has 0 rings (SSSR count). The van der Waals surface area contributed by atoms with E-state index in [1.807, 2.05) is 0 Å². The highest BCUT2D eigenvalue weighted by atomic mass is 19.3. The quantitative estimate of drug-likeness (QED) is 0.576. The molecule has 110 valence electrons. The fourth-order valence-corrected chi connectivity index (χ4v) is 0.554. The summed E-state index contributed by atoms with van der Waals surface area (Å²) in [6.07, 6.45) is -22.2. The number of hydrogen-bond acceptors (Lipinski definition) is 4. The Morgan fingerprint density at radius 1 is 0.833 bits per heavy atom. The monoisotopic (exact) mass is 294 g/mol. The molecule has 18 heavy (non-hydrogen) atoms. The van der Waals surface area contributed by atoms with Crippen LogP contribution in [0.3, 0.4) is 0 Å². The summed E-state index contributed by atoms with van der Waals surface area (Å²) in [7, 11) is 0.0403. The Labute approximate surface area is 94.0 Å². The average molecular weight is 294 g/mol. The van der Waals surface area contributed by atoms with Gasteiger partial charge in [-0.1, -0.05) is 0 Å². The van der Waals surface area contributed by atoms with Crippen LogP contribution in [0.5, 0.6) is 0 Å². The van der Waals surface area contributed by atoms with Crippen molar-refractivity contribution in [2.24, 2.45) is 0 Å². The SMILES string of the molecule is COC(F)(F)C(F)(F)OC(F)(F)OC(F)(F)CO. The second-order valence-corrected chi connectivity index (χ2v) is 2.70. The van der Waals surface area contributed by atoms with E-state index < -0.39 is 31.2 Å². The van der Waals surface area contributed by atoms with Crippen molar-refractivity contribution in [1.29, 1.82) is 0 Å². The van der Waals surface area contributed by atoms with Gasteiger partial charge in [0.15, 0.2) is 0 Å². The van der Waals surface area contributed by atoms with Crippen molar-refractivity contribution >= 4 is 0 Å². The predicted octanol–water partition coefficient (Wildman–Crippen LogP) is 1.99. The maximum Gasteiger partial charge on any atom is 0.495 e. The van der Waals surface area contributed by atoms with Crippen LogP contribution in [0.4, 0.5) is 35.1 Å². The lowest BCUT2D eigenvalue weighted by atomic mass is 10.6. The molecule has 0 aromatic carbocycles. The van der Waals surface area contributed by atoms with Gasteiger partial charge in [0, 0.05) is 7.11 Å². The molecule has 4 nitrogen and oxygen atoms in total. The molecule has 0 atom stereocenters. The Hall–Kier alpha value is -0.720. The van der Waals surface area contributed by atoms with Crippen LogP contribution in [0, 0.1) is 0 Å². The number of aliphatic hydroxyl groups excluding tert-OH is 1. The summed E-state index contributed by atoms with van der Waals surface area (Å²) in [5.41, 5.74) is 0. The van der Waals surface area contributed by atoms with Crippen LogP contribution < -0.4 is 0 Å². The minimum absolute atomic E-state index is 0.0403. The van der Waals surface area contributed by atoms with Crippen LogP contribution >= 0.6 is 0 Å². The summed E-state index contributed by atoms with van der Waals surface area (Å²) in [4.78, 5) is 0. The number of alkyl halides is 8. The van der Waals surface area contributed by atoms with Crippen molar-refractivity contribution in [3.8, 4) is 0 Å². The van der Waals surface area contributed by atoms with E-state index in [-0.39, 0.29) is 7.11 Å². The van der Waals surface area contributed by atoms with E-state index in [1.54, 1.807) is 0 Å². The summed E-state index contributed by atoms with van der Waals surface area (Å²) in [5.74, 6) is 0. The van der Waals surface area contributed by atoms with Crippen LogP contribution in [-0.2, 0) is 14.2 Å². The van der Waals surface area contributed by atoms with E-state index in [0.717, 1.165) is 0 Å². The van der Waals surface area contributed by atoms with Gasteiger partial charge >= 0.3 is 24.6 Å². The summed E-state index contributed by atoms with van der Waals surface area (Å²) < 4.78 is 106. The molecule has 0 aromatic heterocycles. The number of halogens is 8. The van der Waals surface area contributed by atoms with E-state index in [2.05, 4.69) is 14.2 Å². The number of aliphatic hydroxyl groups is 1. The van der Waals surface area contributed by atoms with Crippen LogP contribution in [0.15, 0.2) is 0 Å². The lowest BCUT2D eigenvalue weighted by molar-refractivity contribution is -0.552. The largest absolute Gasteiger partial charge is 0.495 e. The Morgan fingerprint density at radius 3 is 1.61 bits per heavy atom. The smallest absolute Gasteiger partial charge is 0.387 e. The molecule has 0 aliphatic rings. The van der Waals surface area contributed by atoms with E-state index in [1.165, 1.54) is 0 Å². The van der Waals surface area contributed by atoms with Crippen LogP contribution in [-0.4, -0.2) is 43.4 Å². The van der Waals surface area contributed by atoms with Crippen molar-refractivity contribution in [2.45, 2.75) is 24.6 Å². The van der Waals surface area contributed by atoms with Gasteiger partial charge < -0.3 is 9.84 Å². The van der Waals surface area contributed by atoms with Gasteiger partial charge in [0.2, 0.25) is 0 Å². The summed E-state index contributed by atoms with van der Waals surface area (Å²) in [6, 6.07) is 0. The summed E-state index contributed by atoms with van der Waals surface area (Å²) >= 11 is 0. The molecule has 0 saturated carbocycles. The fourth-order valence-electron chi connectivity index (χ4n) is 0.554. The minimum Gasteiger partial charge on any atom is -0.387 e. The topological polar surface area (TPSA) is 47.9 Å². The van der Waals surface area contributed by atoms with Gasteiger partial charge in [0.25, 0.3) is 0 Å². The van der Waals surface area contributed by atoms with Crippen molar-refractivity contribution in [3.63, 3.8) is 0 Å². The highest BCUT2D eigenvalue weighted by molar-refractivity contribution is 4.67. The van der Waals surface area contributed by atoms with Crippen molar-refractivity contribution in [2.75, 3.05) is 13.7 Å². The average Bonchev–Trinajstić information content (AvgIpc) is 2.13. The summed E-state index contributed by atoms with van der Waals surface area (Å²) in [5, 5.41) is 7.84. The Bertz CT molecular complexity index is 281. The molecule has 0 aliphatic carbocycles. The molecule has 0 unspecified atom stereocenters. The van der Waals surface area contributed by atoms with E-state index in [0.29, 0.717) is 0 Å². The minimum atomic E-state index is -5.95. The van der Waals surface area contributed by atoms with E-state index in [9.17, 15) is 35.1 Å². The maximum absolute atomic E-state index is 12.4. The van der Waals surface area contributed by atoms with Gasteiger partial charge in [-0.05, 0) is 0 Å². The van der Waals surface area contributed by atoms with E-state index >= 15 is 0 Å². The third-order valence-electron chi connectivity index (χ3n) is 1.29. The number of methoxy groups -OCH3 is 1. The maximum atomic E-state index is 12.4. The normalized spacial score (nSPS) is 15.0. The van der Waals surface area contributed by atoms with Crippen LogP contribution in [0.2, 0.25) is 0 Å². The first-order valence-electron chi connectivity index (χ1n) is 3.86. The second-order valence-electron chi connectivity index (χ2n) is 2.70. The van der Waals surface area contributed by atoms with E-state index in [4.69, 9.17) is 5.11 Å². The van der Waals surface area contributed by atoms with Gasteiger partial charge in [-0.2, -0.15) is 26.3 Å². The van der Waals surface area contributed by atoms with Crippen molar-refractivity contribution in [3.05, 3.63) is 0 Å². The Balaban J connectivity index is 4.87. The molecule has 0 aliphatic heterocycles. The highest BCUT2D eigenvalue weighted by Crippen LogP contribution is 2.41. The predicted molar refractivity (Wildman–Crippen MR) is 36.1 cm³/mol. The first-order chi connectivity index (χ1) is 7.79. The molecular weight excluding hydrogens is 288 g/mol. The van der Waals surface area contributed by atoms with Crippen molar-refractivity contribution in [1.82, 2.24) is 0 Å². The van der Waals surface area contributed by atoms with Gasteiger partial charge in [-0.15, -0.1) is 8.78 Å². The molecule has 0 spiro atoms. The standard InChI is InChI=1S/C6H6F8O4/c1-16-4(9,10)5(11,12)18-6(13,14)17-3(7,8)2-15/h15H,2H2,1H3. The van der Waals surface area contributed by atoms with Gasteiger partial charge in [-0.25, -0.2) is 9.47 Å². The molecule has 0 saturated heterocycles. The molecule has 0 amide bonds. The zero-order valence-corrected chi connectivity index (χ0v) is 8.40. The van der Waals surface area contributed by atoms with Crippen LogP contribution in [0.1, 0.15) is 0 Å². The Kier molecular flexibility index (Phi) is 4.90. The first-order valence-corrected chi connectivity index (χ1v) is 3.86. The van der Waals surface area contributed by atoms with Gasteiger partial charge in [-0.3, -0.25) is 0 Å². The molecule has 1 N–H and O–H groups in total. The molecular formula is C6H6F8O4. The third kappa shape index (κ3) is 4.51. The molecule has 0 radical (unpaired) electrons. The highest BCUT2D eigenvalue weighted by Gasteiger charge is 2.65.